The summed E-state index contributed by atoms with van der Waals surface area (Å²) < 4.78 is 30.1. The molecule has 7 nitrogen and oxygen atoms in total. The number of hydrogen-bond acceptors (Lipinski definition) is 5. The third-order valence-corrected chi connectivity index (χ3v) is 4.30. The minimum atomic E-state index is -3.65. The molecule has 2 rings (SSSR count). The molecule has 1 amide bonds. The predicted octanol–water partition coefficient (Wildman–Crippen LogP) is 0.0913. The summed E-state index contributed by atoms with van der Waals surface area (Å²) in [5.74, 6) is -0.418. The van der Waals surface area contributed by atoms with Crippen molar-refractivity contribution in [1.82, 2.24) is 15.4 Å². The summed E-state index contributed by atoms with van der Waals surface area (Å²) >= 11 is 0. The average molecular weight is 324 g/mol. The molecular formula is C11H18ClN3O4S. The van der Waals surface area contributed by atoms with Crippen molar-refractivity contribution in [2.24, 2.45) is 0 Å². The van der Waals surface area contributed by atoms with E-state index >= 15 is 0 Å². The summed E-state index contributed by atoms with van der Waals surface area (Å²) in [5, 5.41) is 5.70. The zero-order chi connectivity index (χ0) is 13.9. The highest BCUT2D eigenvalue weighted by Crippen LogP contribution is 2.13. The molecule has 114 valence electrons. The summed E-state index contributed by atoms with van der Waals surface area (Å²) in [6, 6.07) is 2.88. The molecule has 0 aromatic carbocycles. The van der Waals surface area contributed by atoms with Crippen LogP contribution in [0.1, 0.15) is 23.4 Å². The van der Waals surface area contributed by atoms with E-state index in [1.54, 1.807) is 0 Å². The van der Waals surface area contributed by atoms with Crippen LogP contribution in [0.15, 0.2) is 21.6 Å². The van der Waals surface area contributed by atoms with Crippen LogP contribution >= 0.6 is 12.4 Å². The van der Waals surface area contributed by atoms with E-state index in [0.717, 1.165) is 19.4 Å². The maximum Gasteiger partial charge on any atom is 0.287 e. The SMILES string of the molecule is CNS(=O)(=O)c1ccc(C(=O)NCC2CCCN2)o1.Cl. The van der Waals surface area contributed by atoms with Gasteiger partial charge >= 0.3 is 0 Å². The molecule has 0 saturated carbocycles. The molecule has 1 aromatic rings. The Morgan fingerprint density at radius 3 is 2.85 bits per heavy atom. The Morgan fingerprint density at radius 2 is 2.25 bits per heavy atom. The average Bonchev–Trinajstić information content (AvgIpc) is 3.07. The molecule has 1 aliphatic heterocycles. The highest BCUT2D eigenvalue weighted by molar-refractivity contribution is 7.89. The van der Waals surface area contributed by atoms with Crippen molar-refractivity contribution in [3.63, 3.8) is 0 Å². The quantitative estimate of drug-likeness (QED) is 0.713. The van der Waals surface area contributed by atoms with Gasteiger partial charge in [0.25, 0.3) is 15.9 Å². The third-order valence-electron chi connectivity index (χ3n) is 3.01. The van der Waals surface area contributed by atoms with Gasteiger partial charge in [-0.1, -0.05) is 0 Å². The van der Waals surface area contributed by atoms with Crippen LogP contribution in [0, 0.1) is 0 Å². The zero-order valence-electron chi connectivity index (χ0n) is 11.0. The molecule has 0 bridgehead atoms. The number of rotatable bonds is 5. The molecular weight excluding hydrogens is 306 g/mol. The van der Waals surface area contributed by atoms with Crippen molar-refractivity contribution in [2.45, 2.75) is 24.0 Å². The summed E-state index contributed by atoms with van der Waals surface area (Å²) in [6.07, 6.45) is 2.13. The number of hydrogen-bond donors (Lipinski definition) is 3. The Hall–Kier alpha value is -1.09. The molecule has 0 radical (unpaired) electrons. The molecule has 1 saturated heterocycles. The van der Waals surface area contributed by atoms with Gasteiger partial charge in [-0.15, -0.1) is 12.4 Å². The fourth-order valence-corrected chi connectivity index (χ4v) is 2.57. The molecule has 1 atom stereocenters. The van der Waals surface area contributed by atoms with Crippen LogP contribution in [0.2, 0.25) is 0 Å². The molecule has 9 heteroatoms. The first-order valence-corrected chi connectivity index (χ1v) is 7.56. The number of amides is 1. The minimum Gasteiger partial charge on any atom is -0.438 e. The van der Waals surface area contributed by atoms with Crippen molar-refractivity contribution in [3.8, 4) is 0 Å². The fraction of sp³-hybridized carbons (Fsp3) is 0.545. The summed E-state index contributed by atoms with van der Waals surface area (Å²) in [4.78, 5) is 11.8. The molecule has 1 aromatic heterocycles. The van der Waals surface area contributed by atoms with Crippen LogP contribution in [0.3, 0.4) is 0 Å². The molecule has 1 aliphatic rings. The van der Waals surface area contributed by atoms with Crippen molar-refractivity contribution < 1.29 is 17.6 Å². The van der Waals surface area contributed by atoms with Crippen LogP contribution in [-0.2, 0) is 10.0 Å². The number of carbonyl (C=O) groups is 1. The topological polar surface area (TPSA) is 100 Å². The molecule has 0 aliphatic carbocycles. The van der Waals surface area contributed by atoms with Gasteiger partial charge in [-0.05, 0) is 38.6 Å². The minimum absolute atomic E-state index is 0. The fourth-order valence-electron chi connectivity index (χ4n) is 1.92. The maximum atomic E-state index is 11.8. The van der Waals surface area contributed by atoms with Gasteiger partial charge in [0.15, 0.2) is 5.76 Å². The molecule has 3 N–H and O–H groups in total. The van der Waals surface area contributed by atoms with Gasteiger partial charge in [-0.2, -0.15) is 0 Å². The van der Waals surface area contributed by atoms with Crippen LogP contribution in [-0.4, -0.2) is 40.5 Å². The molecule has 0 spiro atoms. The van der Waals surface area contributed by atoms with E-state index in [1.165, 1.54) is 19.2 Å². The summed E-state index contributed by atoms with van der Waals surface area (Å²) in [6.45, 7) is 1.47. The lowest BCUT2D eigenvalue weighted by Gasteiger charge is -2.10. The molecule has 1 unspecified atom stereocenters. The van der Waals surface area contributed by atoms with Gasteiger partial charge in [0.1, 0.15) is 0 Å². The largest absolute Gasteiger partial charge is 0.438 e. The highest BCUT2D eigenvalue weighted by atomic mass is 35.5. The monoisotopic (exact) mass is 323 g/mol. The standard InChI is InChI=1S/C11H17N3O4S.ClH/c1-12-19(16,17)10-5-4-9(18-10)11(15)14-7-8-3-2-6-13-8;/h4-5,8,12-13H,2-3,6-7H2,1H3,(H,14,15);1H. The van der Waals surface area contributed by atoms with Gasteiger partial charge in [0.05, 0.1) is 0 Å². The van der Waals surface area contributed by atoms with Crippen LogP contribution < -0.4 is 15.4 Å². The Bertz CT molecular complexity index is 552. The van der Waals surface area contributed by atoms with Crippen LogP contribution in [0.4, 0.5) is 0 Å². The maximum absolute atomic E-state index is 11.8. The lowest BCUT2D eigenvalue weighted by atomic mass is 10.2. The van der Waals surface area contributed by atoms with E-state index in [-0.39, 0.29) is 29.3 Å². The molecule has 2 heterocycles. The first-order chi connectivity index (χ1) is 9.03. The summed E-state index contributed by atoms with van der Waals surface area (Å²) in [7, 11) is -2.37. The smallest absolute Gasteiger partial charge is 0.287 e. The predicted molar refractivity (Wildman–Crippen MR) is 75.6 cm³/mol. The Balaban J connectivity index is 0.00000200. The van der Waals surface area contributed by atoms with E-state index in [1.807, 2.05) is 0 Å². The number of carbonyl (C=O) groups excluding carboxylic acids is 1. The first kappa shape index (κ1) is 17.0. The molecule has 20 heavy (non-hydrogen) atoms. The van der Waals surface area contributed by atoms with Crippen molar-refractivity contribution in [1.29, 1.82) is 0 Å². The second-order valence-electron chi connectivity index (χ2n) is 4.33. The van der Waals surface area contributed by atoms with Gasteiger partial charge < -0.3 is 15.1 Å². The van der Waals surface area contributed by atoms with E-state index in [4.69, 9.17) is 4.42 Å². The zero-order valence-corrected chi connectivity index (χ0v) is 12.6. The van der Waals surface area contributed by atoms with Crippen LogP contribution in [0.25, 0.3) is 0 Å². The van der Waals surface area contributed by atoms with Gasteiger partial charge in [-0.3, -0.25) is 4.79 Å². The normalized spacial score (nSPS) is 18.6. The second kappa shape index (κ2) is 7.07. The number of furan rings is 1. The Kier molecular flexibility index (Phi) is 6.00. The Morgan fingerprint density at radius 1 is 1.50 bits per heavy atom. The van der Waals surface area contributed by atoms with E-state index in [2.05, 4.69) is 15.4 Å². The van der Waals surface area contributed by atoms with Crippen molar-refractivity contribution in [3.05, 3.63) is 17.9 Å². The summed E-state index contributed by atoms with van der Waals surface area (Å²) in [5.41, 5.74) is 0. The Labute approximate surface area is 123 Å². The van der Waals surface area contributed by atoms with E-state index in [0.29, 0.717) is 6.54 Å². The van der Waals surface area contributed by atoms with Gasteiger partial charge in [0.2, 0.25) is 5.09 Å². The number of nitrogens with one attached hydrogen (secondary N) is 3. The first-order valence-electron chi connectivity index (χ1n) is 6.08. The number of sulfonamides is 1. The lowest BCUT2D eigenvalue weighted by molar-refractivity contribution is 0.0917. The van der Waals surface area contributed by atoms with Crippen LogP contribution in [0.5, 0.6) is 0 Å². The third kappa shape index (κ3) is 3.95. The van der Waals surface area contributed by atoms with Gasteiger partial charge in [0, 0.05) is 12.6 Å². The lowest BCUT2D eigenvalue weighted by Crippen LogP contribution is -2.37. The van der Waals surface area contributed by atoms with E-state index in [9.17, 15) is 13.2 Å². The second-order valence-corrected chi connectivity index (χ2v) is 6.15. The van der Waals surface area contributed by atoms with Crippen molar-refractivity contribution in [2.75, 3.05) is 20.1 Å². The number of halogens is 1. The van der Waals surface area contributed by atoms with Crippen molar-refractivity contribution >= 4 is 28.3 Å². The van der Waals surface area contributed by atoms with E-state index < -0.39 is 15.9 Å². The molecule has 1 fully saturated rings. The van der Waals surface area contributed by atoms with Gasteiger partial charge in [-0.25, -0.2) is 13.1 Å². The highest BCUT2D eigenvalue weighted by Gasteiger charge is 2.20.